The molecule has 1 aliphatic heterocycles. The van der Waals surface area contributed by atoms with Crippen molar-refractivity contribution in [3.63, 3.8) is 0 Å². The molecule has 1 N–H and O–H groups in total. The summed E-state index contributed by atoms with van der Waals surface area (Å²) in [5.74, 6) is -0.228. The molecule has 1 fully saturated rings. The lowest BCUT2D eigenvalue weighted by molar-refractivity contribution is 0.0734. The first-order valence-electron chi connectivity index (χ1n) is 10.2. The third-order valence-electron chi connectivity index (χ3n) is 4.99. The van der Waals surface area contributed by atoms with Crippen molar-refractivity contribution in [2.75, 3.05) is 42.8 Å². The fourth-order valence-electron chi connectivity index (χ4n) is 3.35. The van der Waals surface area contributed by atoms with Gasteiger partial charge < -0.3 is 19.7 Å². The van der Waals surface area contributed by atoms with E-state index in [0.717, 1.165) is 18.8 Å². The molecule has 0 bridgehead atoms. The Labute approximate surface area is 190 Å². The highest BCUT2D eigenvalue weighted by Gasteiger charge is 2.15. The van der Waals surface area contributed by atoms with Gasteiger partial charge in [0, 0.05) is 36.7 Å². The minimum atomic E-state index is -0.459. The Kier molecular flexibility index (Phi) is 7.03. The molecule has 7 nitrogen and oxygen atoms in total. The smallest absolute Gasteiger partial charge is 0.343 e. The average molecular weight is 450 g/mol. The summed E-state index contributed by atoms with van der Waals surface area (Å²) >= 11 is 1.41. The molecule has 1 aromatic heterocycles. The number of anilines is 2. The summed E-state index contributed by atoms with van der Waals surface area (Å²) in [6.07, 6.45) is 3.52. The van der Waals surface area contributed by atoms with Crippen molar-refractivity contribution in [3.05, 3.63) is 78.0 Å². The lowest BCUT2D eigenvalue weighted by Crippen LogP contribution is -2.36. The predicted octanol–water partition coefficient (Wildman–Crippen LogP) is 4.11. The molecule has 0 saturated carbocycles. The number of thioether (sulfide) groups is 1. The van der Waals surface area contributed by atoms with Gasteiger partial charge in [-0.1, -0.05) is 6.07 Å². The van der Waals surface area contributed by atoms with Crippen molar-refractivity contribution >= 4 is 35.0 Å². The van der Waals surface area contributed by atoms with Crippen LogP contribution < -0.4 is 15.0 Å². The van der Waals surface area contributed by atoms with Gasteiger partial charge in [-0.15, -0.1) is 11.8 Å². The zero-order chi connectivity index (χ0) is 22.3. The third-order valence-corrected chi connectivity index (χ3v) is 5.70. The number of hydrogen-bond acceptors (Lipinski definition) is 7. The summed E-state index contributed by atoms with van der Waals surface area (Å²) in [6, 6.07) is 17.5. The summed E-state index contributed by atoms with van der Waals surface area (Å²) in [7, 11) is 0. The quantitative estimate of drug-likeness (QED) is 0.345. The number of benzene rings is 2. The Hall–Kier alpha value is -3.36. The maximum Gasteiger partial charge on any atom is 0.343 e. The summed E-state index contributed by atoms with van der Waals surface area (Å²) < 4.78 is 10.9. The molecule has 4 rings (SSSR count). The summed E-state index contributed by atoms with van der Waals surface area (Å²) in [5.41, 5.74) is 2.48. The first kappa shape index (κ1) is 21.9. The number of hydrogen-bond donors (Lipinski definition) is 1. The standard InChI is InChI=1S/C24H23N3O4S/c1-32-23-21(6-3-11-25-23)22(28)26-18-9-7-17(8-10-18)24(29)31-20-5-2-4-19(16-20)27-12-14-30-15-13-27/h2-11,16H,12-15H2,1H3,(H,26,28). The SMILES string of the molecule is CSc1ncccc1C(=O)Nc1ccc(C(=O)Oc2cccc(N3CCOCC3)c2)cc1. The molecule has 1 saturated heterocycles. The molecule has 0 radical (unpaired) electrons. The first-order chi connectivity index (χ1) is 15.6. The van der Waals surface area contributed by atoms with Crippen LogP contribution in [0, 0.1) is 0 Å². The molecule has 32 heavy (non-hydrogen) atoms. The van der Waals surface area contributed by atoms with E-state index in [1.165, 1.54) is 11.8 Å². The number of ether oxygens (including phenoxy) is 2. The van der Waals surface area contributed by atoms with Crippen molar-refractivity contribution in [2.45, 2.75) is 5.03 Å². The molecule has 0 unspecified atom stereocenters. The average Bonchev–Trinajstić information content (AvgIpc) is 2.85. The molecule has 0 atom stereocenters. The Morgan fingerprint density at radius 2 is 1.84 bits per heavy atom. The number of rotatable bonds is 6. The molecule has 164 valence electrons. The van der Waals surface area contributed by atoms with Gasteiger partial charge in [-0.05, 0) is 54.8 Å². The Morgan fingerprint density at radius 1 is 1.06 bits per heavy atom. The summed E-state index contributed by atoms with van der Waals surface area (Å²) in [5, 5.41) is 3.49. The number of morpholine rings is 1. The molecule has 1 amide bonds. The van der Waals surface area contributed by atoms with Crippen LogP contribution in [-0.4, -0.2) is 49.4 Å². The first-order valence-corrected chi connectivity index (χ1v) is 11.4. The predicted molar refractivity (Wildman–Crippen MR) is 125 cm³/mol. The van der Waals surface area contributed by atoms with Crippen LogP contribution in [0.3, 0.4) is 0 Å². The van der Waals surface area contributed by atoms with Gasteiger partial charge in [0.05, 0.1) is 24.3 Å². The van der Waals surface area contributed by atoms with Crippen LogP contribution in [0.1, 0.15) is 20.7 Å². The topological polar surface area (TPSA) is 80.8 Å². The van der Waals surface area contributed by atoms with Gasteiger partial charge >= 0.3 is 5.97 Å². The summed E-state index contributed by atoms with van der Waals surface area (Å²) in [4.78, 5) is 31.5. The zero-order valence-electron chi connectivity index (χ0n) is 17.6. The highest BCUT2D eigenvalue weighted by atomic mass is 32.2. The van der Waals surface area contributed by atoms with E-state index in [1.54, 1.807) is 48.7 Å². The molecular weight excluding hydrogens is 426 g/mol. The van der Waals surface area contributed by atoms with Crippen LogP contribution >= 0.6 is 11.8 Å². The molecule has 3 aromatic rings. The van der Waals surface area contributed by atoms with E-state index in [9.17, 15) is 9.59 Å². The van der Waals surface area contributed by atoms with Gasteiger partial charge in [-0.25, -0.2) is 9.78 Å². The van der Waals surface area contributed by atoms with E-state index < -0.39 is 5.97 Å². The van der Waals surface area contributed by atoms with Gasteiger partial charge in [0.2, 0.25) is 0 Å². The van der Waals surface area contributed by atoms with Crippen molar-refractivity contribution in [1.82, 2.24) is 4.98 Å². The van der Waals surface area contributed by atoms with Gasteiger partial charge in [0.25, 0.3) is 5.91 Å². The van der Waals surface area contributed by atoms with E-state index in [-0.39, 0.29) is 5.91 Å². The Morgan fingerprint density at radius 3 is 2.59 bits per heavy atom. The number of pyridine rings is 1. The molecule has 1 aliphatic rings. The number of carbonyl (C=O) groups is 2. The van der Waals surface area contributed by atoms with E-state index in [1.807, 2.05) is 24.5 Å². The lowest BCUT2D eigenvalue weighted by Gasteiger charge is -2.29. The fourth-order valence-corrected chi connectivity index (χ4v) is 3.89. The number of nitrogens with zero attached hydrogens (tertiary/aromatic N) is 2. The van der Waals surface area contributed by atoms with E-state index in [0.29, 0.717) is 40.8 Å². The number of esters is 1. The van der Waals surface area contributed by atoms with Crippen molar-refractivity contribution < 1.29 is 19.1 Å². The fraction of sp³-hybridized carbons (Fsp3) is 0.208. The van der Waals surface area contributed by atoms with Crippen LogP contribution in [0.15, 0.2) is 71.9 Å². The molecular formula is C24H23N3O4S. The number of carbonyl (C=O) groups excluding carboxylic acids is 2. The van der Waals surface area contributed by atoms with Crippen LogP contribution in [0.2, 0.25) is 0 Å². The normalized spacial score (nSPS) is 13.5. The largest absolute Gasteiger partial charge is 0.423 e. The van der Waals surface area contributed by atoms with Crippen LogP contribution in [0.4, 0.5) is 11.4 Å². The molecule has 0 aliphatic carbocycles. The van der Waals surface area contributed by atoms with Crippen LogP contribution in [0.25, 0.3) is 0 Å². The molecule has 2 aromatic carbocycles. The second kappa shape index (κ2) is 10.3. The zero-order valence-corrected chi connectivity index (χ0v) is 18.4. The number of aromatic nitrogens is 1. The van der Waals surface area contributed by atoms with Gasteiger partial charge in [-0.3, -0.25) is 4.79 Å². The third kappa shape index (κ3) is 5.27. The molecule has 2 heterocycles. The minimum Gasteiger partial charge on any atom is -0.423 e. The molecule has 0 spiro atoms. The van der Waals surface area contributed by atoms with Gasteiger partial charge in [-0.2, -0.15) is 0 Å². The van der Waals surface area contributed by atoms with Crippen LogP contribution in [0.5, 0.6) is 5.75 Å². The monoisotopic (exact) mass is 449 g/mol. The van der Waals surface area contributed by atoms with Crippen molar-refractivity contribution in [2.24, 2.45) is 0 Å². The van der Waals surface area contributed by atoms with E-state index in [2.05, 4.69) is 15.2 Å². The van der Waals surface area contributed by atoms with E-state index in [4.69, 9.17) is 9.47 Å². The maximum atomic E-state index is 12.6. The Balaban J connectivity index is 1.40. The number of amides is 1. The van der Waals surface area contributed by atoms with Gasteiger partial charge in [0.15, 0.2) is 0 Å². The van der Waals surface area contributed by atoms with Crippen molar-refractivity contribution in [3.8, 4) is 5.75 Å². The highest BCUT2D eigenvalue weighted by molar-refractivity contribution is 7.98. The Bertz CT molecular complexity index is 1100. The van der Waals surface area contributed by atoms with Gasteiger partial charge in [0.1, 0.15) is 10.8 Å². The number of nitrogens with one attached hydrogen (secondary N) is 1. The second-order valence-electron chi connectivity index (χ2n) is 7.08. The van der Waals surface area contributed by atoms with E-state index >= 15 is 0 Å². The minimum absolute atomic E-state index is 0.252. The second-order valence-corrected chi connectivity index (χ2v) is 7.87. The van der Waals surface area contributed by atoms with Crippen LogP contribution in [-0.2, 0) is 4.74 Å². The lowest BCUT2D eigenvalue weighted by atomic mass is 10.2. The maximum absolute atomic E-state index is 12.6. The molecule has 8 heteroatoms. The van der Waals surface area contributed by atoms with Crippen molar-refractivity contribution in [1.29, 1.82) is 0 Å². The highest BCUT2D eigenvalue weighted by Crippen LogP contribution is 2.23. The summed E-state index contributed by atoms with van der Waals surface area (Å²) in [6.45, 7) is 2.99.